The highest BCUT2D eigenvalue weighted by Gasteiger charge is 2.13. The fourth-order valence-electron chi connectivity index (χ4n) is 1.73. The lowest BCUT2D eigenvalue weighted by Gasteiger charge is -1.95. The van der Waals surface area contributed by atoms with E-state index in [0.717, 1.165) is 10.9 Å². The Kier molecular flexibility index (Phi) is 4.21. The van der Waals surface area contributed by atoms with Gasteiger partial charge >= 0.3 is 11.8 Å². The van der Waals surface area contributed by atoms with E-state index in [1.807, 2.05) is 0 Å². The van der Waals surface area contributed by atoms with Crippen LogP contribution < -0.4 is 5.73 Å². The van der Waals surface area contributed by atoms with Gasteiger partial charge in [0.25, 0.3) is 5.95 Å². The van der Waals surface area contributed by atoms with Gasteiger partial charge in [-0.15, -0.1) is 10.2 Å². The number of nitro groups is 2. The molecule has 0 spiro atoms. The van der Waals surface area contributed by atoms with E-state index >= 15 is 0 Å². The summed E-state index contributed by atoms with van der Waals surface area (Å²) in [5.41, 5.74) is 5.62. The van der Waals surface area contributed by atoms with Gasteiger partial charge in [-0.2, -0.15) is 9.78 Å². The van der Waals surface area contributed by atoms with Crippen LogP contribution in [-0.4, -0.2) is 37.1 Å². The Labute approximate surface area is 142 Å². The van der Waals surface area contributed by atoms with Crippen LogP contribution in [0.3, 0.4) is 0 Å². The molecule has 26 heavy (non-hydrogen) atoms. The van der Waals surface area contributed by atoms with Crippen molar-refractivity contribution >= 4 is 36.1 Å². The zero-order chi connectivity index (χ0) is 18.7. The molecular formula is C12H8N8O6. The Morgan fingerprint density at radius 2 is 1.58 bits per heavy atom. The van der Waals surface area contributed by atoms with Crippen molar-refractivity contribution in [3.05, 3.63) is 56.0 Å². The summed E-state index contributed by atoms with van der Waals surface area (Å²) >= 11 is 0. The van der Waals surface area contributed by atoms with E-state index in [-0.39, 0.29) is 23.4 Å². The smallest absolute Gasteiger partial charge is 0.400 e. The minimum atomic E-state index is -0.692. The summed E-state index contributed by atoms with van der Waals surface area (Å²) < 4.78 is 10.9. The van der Waals surface area contributed by atoms with Crippen molar-refractivity contribution in [1.29, 1.82) is 0 Å². The molecule has 0 aromatic carbocycles. The molecule has 2 N–H and O–H groups in total. The number of aromatic nitrogens is 3. The number of hydrogen-bond acceptors (Lipinski definition) is 11. The van der Waals surface area contributed by atoms with Gasteiger partial charge in [0.15, 0.2) is 11.5 Å². The van der Waals surface area contributed by atoms with Crippen LogP contribution in [0.2, 0.25) is 0 Å². The van der Waals surface area contributed by atoms with Gasteiger partial charge in [-0.3, -0.25) is 20.2 Å². The first-order chi connectivity index (χ1) is 12.4. The standard InChI is InChI=1S/C12H8N8O6/c13-11-16-17-12(14-5-7-1-3-9(25-7)19(21)22)18(11)15-6-8-2-4-10(26-8)20(23)24/h1-6H,(H2,13,16). The van der Waals surface area contributed by atoms with Crippen LogP contribution in [0.15, 0.2) is 43.2 Å². The highest BCUT2D eigenvalue weighted by molar-refractivity contribution is 5.79. The van der Waals surface area contributed by atoms with Crippen LogP contribution in [-0.2, 0) is 0 Å². The molecule has 0 unspecified atom stereocenters. The molecule has 0 aliphatic rings. The van der Waals surface area contributed by atoms with E-state index in [2.05, 4.69) is 20.3 Å². The third-order valence-electron chi connectivity index (χ3n) is 2.84. The lowest BCUT2D eigenvalue weighted by atomic mass is 10.5. The SMILES string of the molecule is Nc1nnc(N=Cc2ccc([N+](=O)[O-])o2)n1N=Cc1ccc([N+](=O)[O-])o1. The maximum absolute atomic E-state index is 10.6. The van der Waals surface area contributed by atoms with E-state index in [4.69, 9.17) is 14.6 Å². The van der Waals surface area contributed by atoms with Crippen LogP contribution in [0, 0.1) is 20.2 Å². The maximum atomic E-state index is 10.6. The van der Waals surface area contributed by atoms with Crippen molar-refractivity contribution < 1.29 is 18.7 Å². The predicted molar refractivity (Wildman–Crippen MR) is 85.4 cm³/mol. The summed E-state index contributed by atoms with van der Waals surface area (Å²) in [6, 6.07) is 5.02. The van der Waals surface area contributed by atoms with E-state index < -0.39 is 21.6 Å². The summed E-state index contributed by atoms with van der Waals surface area (Å²) in [4.78, 5) is 23.7. The van der Waals surface area contributed by atoms with Crippen molar-refractivity contribution in [2.24, 2.45) is 10.1 Å². The first-order valence-corrected chi connectivity index (χ1v) is 6.72. The van der Waals surface area contributed by atoms with Gasteiger partial charge in [-0.1, -0.05) is 0 Å². The zero-order valence-electron chi connectivity index (χ0n) is 12.6. The van der Waals surface area contributed by atoms with Crippen molar-refractivity contribution in [2.45, 2.75) is 0 Å². The molecular weight excluding hydrogens is 352 g/mol. The average molecular weight is 360 g/mol. The van der Waals surface area contributed by atoms with Crippen molar-refractivity contribution in [3.63, 3.8) is 0 Å². The molecule has 3 rings (SSSR count). The second-order valence-electron chi connectivity index (χ2n) is 4.54. The van der Waals surface area contributed by atoms with Gasteiger partial charge < -0.3 is 14.6 Å². The lowest BCUT2D eigenvalue weighted by molar-refractivity contribution is -0.402. The Balaban J connectivity index is 1.81. The summed E-state index contributed by atoms with van der Waals surface area (Å²) in [6.07, 6.45) is 2.32. The van der Waals surface area contributed by atoms with Gasteiger partial charge in [-0.05, 0) is 12.1 Å². The van der Waals surface area contributed by atoms with Crippen molar-refractivity contribution in [2.75, 3.05) is 5.73 Å². The molecule has 0 bridgehead atoms. The summed E-state index contributed by atoms with van der Waals surface area (Å²) in [6.45, 7) is 0. The van der Waals surface area contributed by atoms with Gasteiger partial charge in [0.1, 0.15) is 9.85 Å². The molecule has 0 radical (unpaired) electrons. The van der Waals surface area contributed by atoms with Gasteiger partial charge in [0, 0.05) is 0 Å². The first kappa shape index (κ1) is 16.5. The molecule has 132 valence electrons. The zero-order valence-corrected chi connectivity index (χ0v) is 12.6. The number of nitrogen functional groups attached to an aromatic ring is 1. The molecule has 0 aliphatic carbocycles. The van der Waals surface area contributed by atoms with Gasteiger partial charge in [0.05, 0.1) is 24.6 Å². The van der Waals surface area contributed by atoms with E-state index in [1.165, 1.54) is 30.5 Å². The number of rotatable bonds is 6. The second kappa shape index (κ2) is 6.63. The molecule has 3 aromatic rings. The molecule has 0 fully saturated rings. The molecule has 14 heteroatoms. The lowest BCUT2D eigenvalue weighted by Crippen LogP contribution is -1.97. The molecule has 3 heterocycles. The van der Waals surface area contributed by atoms with Crippen LogP contribution in [0.25, 0.3) is 0 Å². The Hall–Kier alpha value is -4.36. The van der Waals surface area contributed by atoms with Gasteiger partial charge in [0.2, 0.25) is 5.95 Å². The van der Waals surface area contributed by atoms with Crippen molar-refractivity contribution in [3.8, 4) is 0 Å². The highest BCUT2D eigenvalue weighted by Crippen LogP contribution is 2.17. The maximum Gasteiger partial charge on any atom is 0.433 e. The second-order valence-corrected chi connectivity index (χ2v) is 4.54. The Bertz CT molecular complexity index is 1030. The number of nitrogens with zero attached hydrogens (tertiary/aromatic N) is 7. The largest absolute Gasteiger partial charge is 0.433 e. The normalized spacial score (nSPS) is 11.5. The molecule has 14 nitrogen and oxygen atoms in total. The summed E-state index contributed by atoms with van der Waals surface area (Å²) in [5, 5.41) is 32.3. The van der Waals surface area contributed by atoms with E-state index in [1.54, 1.807) is 0 Å². The van der Waals surface area contributed by atoms with Crippen LogP contribution in [0.5, 0.6) is 0 Å². The summed E-state index contributed by atoms with van der Waals surface area (Å²) in [7, 11) is 0. The number of nitrogens with two attached hydrogens (primary N) is 1. The third kappa shape index (κ3) is 3.42. The molecule has 0 aliphatic heterocycles. The quantitative estimate of drug-likeness (QED) is 0.385. The van der Waals surface area contributed by atoms with E-state index in [9.17, 15) is 20.2 Å². The topological polar surface area (TPSA) is 194 Å². The molecule has 0 saturated heterocycles. The minimum Gasteiger partial charge on any atom is -0.400 e. The molecule has 0 amide bonds. The monoisotopic (exact) mass is 360 g/mol. The predicted octanol–water partition coefficient (Wildman–Crippen LogP) is 1.50. The number of aliphatic imine (C=N–C) groups is 1. The van der Waals surface area contributed by atoms with E-state index in [0.29, 0.717) is 0 Å². The van der Waals surface area contributed by atoms with Crippen molar-refractivity contribution in [1.82, 2.24) is 14.9 Å². The highest BCUT2D eigenvalue weighted by atomic mass is 16.7. The average Bonchev–Trinajstić information content (AvgIpc) is 3.31. The Morgan fingerprint density at radius 1 is 1.00 bits per heavy atom. The molecule has 3 aromatic heterocycles. The Morgan fingerprint density at radius 3 is 2.12 bits per heavy atom. The molecule has 0 saturated carbocycles. The first-order valence-electron chi connectivity index (χ1n) is 6.72. The van der Waals surface area contributed by atoms with Crippen LogP contribution in [0.4, 0.5) is 23.7 Å². The fourth-order valence-corrected chi connectivity index (χ4v) is 1.73. The number of hydrogen-bond donors (Lipinski definition) is 1. The fraction of sp³-hybridized carbons (Fsp3) is 0. The van der Waals surface area contributed by atoms with Gasteiger partial charge in [-0.25, -0.2) is 4.99 Å². The van der Waals surface area contributed by atoms with Crippen LogP contribution >= 0.6 is 0 Å². The third-order valence-corrected chi connectivity index (χ3v) is 2.84. The minimum absolute atomic E-state index is 0.0566. The summed E-state index contributed by atoms with van der Waals surface area (Å²) in [5.74, 6) is -0.846. The van der Waals surface area contributed by atoms with Crippen LogP contribution in [0.1, 0.15) is 11.5 Å². The molecule has 0 atom stereocenters. The number of anilines is 1. The number of furan rings is 2.